The highest BCUT2D eigenvalue weighted by Crippen LogP contribution is 2.17. The van der Waals surface area contributed by atoms with E-state index < -0.39 is 5.91 Å². The van der Waals surface area contributed by atoms with Crippen LogP contribution < -0.4 is 16.8 Å². The predicted molar refractivity (Wildman–Crippen MR) is 70.9 cm³/mol. The first-order chi connectivity index (χ1) is 7.65. The van der Waals surface area contributed by atoms with E-state index in [9.17, 15) is 4.79 Å². The van der Waals surface area contributed by atoms with Crippen LogP contribution in [0, 0.1) is 0 Å². The summed E-state index contributed by atoms with van der Waals surface area (Å²) in [6.07, 6.45) is 3.16. The van der Waals surface area contributed by atoms with Gasteiger partial charge in [0, 0.05) is 17.9 Å². The van der Waals surface area contributed by atoms with Crippen molar-refractivity contribution in [1.82, 2.24) is 0 Å². The summed E-state index contributed by atoms with van der Waals surface area (Å²) in [7, 11) is 0. The van der Waals surface area contributed by atoms with Gasteiger partial charge in [-0.15, -0.1) is 0 Å². The van der Waals surface area contributed by atoms with Gasteiger partial charge in [-0.3, -0.25) is 4.79 Å². The first kappa shape index (κ1) is 12.7. The molecule has 0 aliphatic heterocycles. The number of carbonyl (C=O) groups excluding carboxylic acids is 1. The highest BCUT2D eigenvalue weighted by Gasteiger charge is 2.06. The van der Waals surface area contributed by atoms with Crippen LogP contribution in [0.3, 0.4) is 0 Å². The number of amides is 1. The Morgan fingerprint density at radius 1 is 1.50 bits per heavy atom. The van der Waals surface area contributed by atoms with Crippen LogP contribution in [0.2, 0.25) is 0 Å². The largest absolute Gasteiger partial charge is 0.398 e. The maximum atomic E-state index is 11.1. The lowest BCUT2D eigenvalue weighted by Gasteiger charge is -2.08. The molecule has 0 saturated carbocycles. The fourth-order valence-corrected chi connectivity index (χ4v) is 1.76. The Labute approximate surface area is 99.8 Å². The molecule has 4 nitrogen and oxygen atoms in total. The van der Waals surface area contributed by atoms with Crippen LogP contribution in [0.4, 0.5) is 11.4 Å². The maximum Gasteiger partial charge on any atom is 0.250 e. The van der Waals surface area contributed by atoms with Crippen LogP contribution in [-0.4, -0.2) is 24.5 Å². The topological polar surface area (TPSA) is 81.1 Å². The molecule has 0 bridgehead atoms. The monoisotopic (exact) mass is 239 g/mol. The van der Waals surface area contributed by atoms with E-state index >= 15 is 0 Å². The zero-order chi connectivity index (χ0) is 12.0. The molecule has 1 aromatic carbocycles. The Balaban J connectivity index is 2.61. The number of thioether (sulfide) groups is 1. The lowest BCUT2D eigenvalue weighted by Crippen LogP contribution is -2.14. The van der Waals surface area contributed by atoms with Gasteiger partial charge in [-0.1, -0.05) is 0 Å². The standard InChI is InChI=1S/C11H17N3OS/c1-16-6-2-5-14-8-3-4-10(12)9(7-8)11(13)15/h3-4,7,14H,2,5-6,12H2,1H3,(H2,13,15). The Morgan fingerprint density at radius 3 is 2.88 bits per heavy atom. The SMILES string of the molecule is CSCCCNc1ccc(N)c(C(N)=O)c1. The molecule has 0 radical (unpaired) electrons. The molecule has 0 atom stereocenters. The second kappa shape index (κ2) is 6.27. The summed E-state index contributed by atoms with van der Waals surface area (Å²) in [5.41, 5.74) is 12.5. The molecule has 16 heavy (non-hydrogen) atoms. The van der Waals surface area contributed by atoms with Gasteiger partial charge in [0.25, 0.3) is 5.91 Å². The van der Waals surface area contributed by atoms with Crippen molar-refractivity contribution in [2.75, 3.05) is 29.6 Å². The second-order valence-electron chi connectivity index (χ2n) is 3.44. The average molecular weight is 239 g/mol. The molecule has 1 rings (SSSR count). The first-order valence-corrected chi connectivity index (χ1v) is 6.46. The Hall–Kier alpha value is -1.36. The molecular formula is C11H17N3OS. The fraction of sp³-hybridized carbons (Fsp3) is 0.364. The molecule has 5 heteroatoms. The van der Waals surface area contributed by atoms with Crippen molar-refractivity contribution >= 4 is 29.0 Å². The van der Waals surface area contributed by atoms with Gasteiger partial charge in [-0.2, -0.15) is 11.8 Å². The molecule has 5 N–H and O–H groups in total. The number of nitrogens with two attached hydrogens (primary N) is 2. The molecule has 1 aromatic rings. The predicted octanol–water partition coefficient (Wildman–Crippen LogP) is 1.53. The van der Waals surface area contributed by atoms with Crippen LogP contribution >= 0.6 is 11.8 Å². The van der Waals surface area contributed by atoms with Crippen molar-refractivity contribution in [3.63, 3.8) is 0 Å². The molecule has 0 aromatic heterocycles. The van der Waals surface area contributed by atoms with Gasteiger partial charge in [0.1, 0.15) is 0 Å². The van der Waals surface area contributed by atoms with Gasteiger partial charge in [0.15, 0.2) is 0 Å². The van der Waals surface area contributed by atoms with Crippen LogP contribution in [0.15, 0.2) is 18.2 Å². The van der Waals surface area contributed by atoms with E-state index in [-0.39, 0.29) is 0 Å². The molecule has 0 aliphatic carbocycles. The van der Waals surface area contributed by atoms with Crippen LogP contribution in [-0.2, 0) is 0 Å². The van der Waals surface area contributed by atoms with Crippen molar-refractivity contribution in [2.24, 2.45) is 5.73 Å². The molecule has 0 saturated heterocycles. The summed E-state index contributed by atoms with van der Waals surface area (Å²) in [5.74, 6) is 0.621. The summed E-state index contributed by atoms with van der Waals surface area (Å²) in [5, 5.41) is 3.23. The summed E-state index contributed by atoms with van der Waals surface area (Å²) in [4.78, 5) is 11.1. The second-order valence-corrected chi connectivity index (χ2v) is 4.43. The zero-order valence-corrected chi connectivity index (χ0v) is 10.1. The van der Waals surface area contributed by atoms with Crippen molar-refractivity contribution < 1.29 is 4.79 Å². The lowest BCUT2D eigenvalue weighted by molar-refractivity contribution is 0.100. The van der Waals surface area contributed by atoms with Crippen molar-refractivity contribution in [1.29, 1.82) is 0 Å². The van der Waals surface area contributed by atoms with Crippen LogP contribution in [0.5, 0.6) is 0 Å². The Kier molecular flexibility index (Phi) is 4.98. The fourth-order valence-electron chi connectivity index (χ4n) is 1.33. The number of carbonyl (C=O) groups is 1. The molecule has 0 heterocycles. The third kappa shape index (κ3) is 3.66. The van der Waals surface area contributed by atoms with Crippen LogP contribution in [0.25, 0.3) is 0 Å². The summed E-state index contributed by atoms with van der Waals surface area (Å²) in [6.45, 7) is 0.878. The van der Waals surface area contributed by atoms with Crippen LogP contribution in [0.1, 0.15) is 16.8 Å². The van der Waals surface area contributed by atoms with Gasteiger partial charge in [-0.05, 0) is 36.6 Å². The number of hydrogen-bond acceptors (Lipinski definition) is 4. The van der Waals surface area contributed by atoms with E-state index in [1.165, 1.54) is 0 Å². The number of benzene rings is 1. The van der Waals surface area contributed by atoms with Gasteiger partial charge < -0.3 is 16.8 Å². The van der Waals surface area contributed by atoms with Gasteiger partial charge in [-0.25, -0.2) is 0 Å². The minimum absolute atomic E-state index is 0.370. The summed E-state index contributed by atoms with van der Waals surface area (Å²) < 4.78 is 0. The van der Waals surface area contributed by atoms with E-state index in [0.717, 1.165) is 24.4 Å². The quantitative estimate of drug-likeness (QED) is 0.519. The van der Waals surface area contributed by atoms with Crippen molar-refractivity contribution in [2.45, 2.75) is 6.42 Å². The van der Waals surface area contributed by atoms with E-state index in [4.69, 9.17) is 11.5 Å². The Bertz CT molecular complexity index is 368. The molecular weight excluding hydrogens is 222 g/mol. The minimum Gasteiger partial charge on any atom is -0.398 e. The number of nitrogens with one attached hydrogen (secondary N) is 1. The van der Waals surface area contributed by atoms with Crippen molar-refractivity contribution in [3.05, 3.63) is 23.8 Å². The molecule has 0 spiro atoms. The molecule has 1 amide bonds. The third-order valence-electron chi connectivity index (χ3n) is 2.17. The third-order valence-corrected chi connectivity index (χ3v) is 2.87. The number of primary amides is 1. The first-order valence-electron chi connectivity index (χ1n) is 5.07. The van der Waals surface area contributed by atoms with E-state index in [2.05, 4.69) is 11.6 Å². The summed E-state index contributed by atoms with van der Waals surface area (Å²) in [6, 6.07) is 5.23. The zero-order valence-electron chi connectivity index (χ0n) is 9.32. The molecule has 0 unspecified atom stereocenters. The maximum absolute atomic E-state index is 11.1. The minimum atomic E-state index is -0.495. The van der Waals surface area contributed by atoms with E-state index in [1.54, 1.807) is 12.1 Å². The van der Waals surface area contributed by atoms with Gasteiger partial charge in [0.2, 0.25) is 0 Å². The number of rotatable bonds is 6. The molecule has 88 valence electrons. The highest BCUT2D eigenvalue weighted by atomic mass is 32.2. The van der Waals surface area contributed by atoms with Crippen molar-refractivity contribution in [3.8, 4) is 0 Å². The highest BCUT2D eigenvalue weighted by molar-refractivity contribution is 7.98. The summed E-state index contributed by atoms with van der Waals surface area (Å²) >= 11 is 1.81. The van der Waals surface area contributed by atoms with Gasteiger partial charge in [0.05, 0.1) is 5.56 Å². The van der Waals surface area contributed by atoms with Gasteiger partial charge >= 0.3 is 0 Å². The number of anilines is 2. The molecule has 0 fully saturated rings. The average Bonchev–Trinajstić information content (AvgIpc) is 2.26. The van der Waals surface area contributed by atoms with E-state index in [1.807, 2.05) is 17.8 Å². The number of hydrogen-bond donors (Lipinski definition) is 3. The Morgan fingerprint density at radius 2 is 2.25 bits per heavy atom. The lowest BCUT2D eigenvalue weighted by atomic mass is 10.1. The number of nitrogen functional groups attached to an aromatic ring is 1. The molecule has 0 aliphatic rings. The smallest absolute Gasteiger partial charge is 0.250 e. The normalized spacial score (nSPS) is 10.1. The van der Waals surface area contributed by atoms with E-state index in [0.29, 0.717) is 11.3 Å².